The van der Waals surface area contributed by atoms with Gasteiger partial charge in [-0.05, 0) is 41.1 Å². The molecule has 2 heteroatoms. The number of benzene rings is 1. The van der Waals surface area contributed by atoms with Crippen molar-refractivity contribution < 1.29 is 4.74 Å². The predicted octanol–water partition coefficient (Wildman–Crippen LogP) is 3.08. The Balaban J connectivity index is 2.62. The summed E-state index contributed by atoms with van der Waals surface area (Å²) in [6.45, 7) is 2.91. The van der Waals surface area contributed by atoms with Crippen molar-refractivity contribution in [3.63, 3.8) is 0 Å². The molecule has 0 bridgehead atoms. The Morgan fingerprint density at radius 2 is 2.09 bits per heavy atom. The van der Waals surface area contributed by atoms with E-state index in [9.17, 15) is 0 Å². The van der Waals surface area contributed by atoms with Gasteiger partial charge in [-0.1, -0.05) is 19.1 Å². The molecule has 0 heterocycles. The SMILES string of the molecule is CCCOc1ccccc1I. The van der Waals surface area contributed by atoms with Crippen molar-refractivity contribution >= 4 is 22.6 Å². The van der Waals surface area contributed by atoms with Crippen LogP contribution in [0.3, 0.4) is 0 Å². The molecule has 60 valence electrons. The van der Waals surface area contributed by atoms with E-state index in [2.05, 4.69) is 29.5 Å². The van der Waals surface area contributed by atoms with Crippen LogP contribution in [0.25, 0.3) is 0 Å². The van der Waals surface area contributed by atoms with E-state index in [1.807, 2.05) is 24.3 Å². The van der Waals surface area contributed by atoms with E-state index in [-0.39, 0.29) is 0 Å². The third kappa shape index (κ3) is 2.69. The second kappa shape index (κ2) is 4.59. The molecule has 0 aliphatic rings. The number of rotatable bonds is 3. The molecule has 0 aliphatic heterocycles. The van der Waals surface area contributed by atoms with Gasteiger partial charge in [-0.25, -0.2) is 0 Å². The topological polar surface area (TPSA) is 9.23 Å². The lowest BCUT2D eigenvalue weighted by Crippen LogP contribution is -1.95. The first-order chi connectivity index (χ1) is 5.34. The molecule has 0 fully saturated rings. The van der Waals surface area contributed by atoms with E-state index in [0.29, 0.717) is 0 Å². The molecule has 0 N–H and O–H groups in total. The Labute approximate surface area is 80.9 Å². The van der Waals surface area contributed by atoms with E-state index < -0.39 is 0 Å². The van der Waals surface area contributed by atoms with Gasteiger partial charge in [0.1, 0.15) is 5.75 Å². The van der Waals surface area contributed by atoms with Crippen LogP contribution in [-0.4, -0.2) is 6.61 Å². The maximum absolute atomic E-state index is 5.48. The minimum atomic E-state index is 0.806. The third-order valence-electron chi connectivity index (χ3n) is 1.30. The fraction of sp³-hybridized carbons (Fsp3) is 0.333. The van der Waals surface area contributed by atoms with Gasteiger partial charge >= 0.3 is 0 Å². The van der Waals surface area contributed by atoms with E-state index in [1.54, 1.807) is 0 Å². The van der Waals surface area contributed by atoms with Gasteiger partial charge in [0.25, 0.3) is 0 Å². The van der Waals surface area contributed by atoms with Gasteiger partial charge in [0, 0.05) is 0 Å². The Morgan fingerprint density at radius 3 is 2.73 bits per heavy atom. The average Bonchev–Trinajstić information content (AvgIpc) is 2.03. The molecule has 0 amide bonds. The van der Waals surface area contributed by atoms with Gasteiger partial charge in [-0.3, -0.25) is 0 Å². The highest BCUT2D eigenvalue weighted by Crippen LogP contribution is 2.19. The monoisotopic (exact) mass is 262 g/mol. The lowest BCUT2D eigenvalue weighted by molar-refractivity contribution is 0.315. The molecule has 0 atom stereocenters. The van der Waals surface area contributed by atoms with Crippen LogP contribution in [0.4, 0.5) is 0 Å². The van der Waals surface area contributed by atoms with Crippen LogP contribution >= 0.6 is 22.6 Å². The summed E-state index contributed by atoms with van der Waals surface area (Å²) >= 11 is 2.28. The molecule has 1 rings (SSSR count). The van der Waals surface area contributed by atoms with Crippen molar-refractivity contribution in [1.82, 2.24) is 0 Å². The highest BCUT2D eigenvalue weighted by atomic mass is 127. The number of halogens is 1. The van der Waals surface area contributed by atoms with E-state index in [0.717, 1.165) is 18.8 Å². The van der Waals surface area contributed by atoms with E-state index in [4.69, 9.17) is 4.74 Å². The number of ether oxygens (including phenoxy) is 1. The zero-order valence-corrected chi connectivity index (χ0v) is 8.67. The molecule has 0 spiro atoms. The molecule has 0 aliphatic carbocycles. The van der Waals surface area contributed by atoms with Crippen LogP contribution in [0, 0.1) is 3.57 Å². The van der Waals surface area contributed by atoms with Crippen molar-refractivity contribution in [2.75, 3.05) is 6.61 Å². The van der Waals surface area contributed by atoms with E-state index >= 15 is 0 Å². The summed E-state index contributed by atoms with van der Waals surface area (Å²) in [4.78, 5) is 0. The zero-order chi connectivity index (χ0) is 8.10. The Bertz CT molecular complexity index is 223. The minimum absolute atomic E-state index is 0.806. The molecule has 0 saturated heterocycles. The fourth-order valence-electron chi connectivity index (χ4n) is 0.774. The molecule has 1 aromatic carbocycles. The number of para-hydroxylation sites is 1. The maximum atomic E-state index is 5.48. The molecule has 0 saturated carbocycles. The van der Waals surface area contributed by atoms with Crippen molar-refractivity contribution in [3.8, 4) is 5.75 Å². The van der Waals surface area contributed by atoms with Crippen molar-refractivity contribution in [1.29, 1.82) is 0 Å². The Morgan fingerprint density at radius 1 is 1.36 bits per heavy atom. The van der Waals surface area contributed by atoms with Gasteiger partial charge in [0.15, 0.2) is 0 Å². The summed E-state index contributed by atoms with van der Waals surface area (Å²) in [5, 5.41) is 0. The zero-order valence-electron chi connectivity index (χ0n) is 6.51. The van der Waals surface area contributed by atoms with Gasteiger partial charge in [-0.15, -0.1) is 0 Å². The summed E-state index contributed by atoms with van der Waals surface area (Å²) in [6, 6.07) is 8.05. The van der Waals surface area contributed by atoms with Gasteiger partial charge < -0.3 is 4.74 Å². The van der Waals surface area contributed by atoms with Crippen molar-refractivity contribution in [2.45, 2.75) is 13.3 Å². The second-order valence-electron chi connectivity index (χ2n) is 2.28. The average molecular weight is 262 g/mol. The molecule has 1 aromatic rings. The van der Waals surface area contributed by atoms with Gasteiger partial charge in [0.2, 0.25) is 0 Å². The summed E-state index contributed by atoms with van der Waals surface area (Å²) in [7, 11) is 0. The summed E-state index contributed by atoms with van der Waals surface area (Å²) in [6.07, 6.45) is 1.06. The molecular formula is C9H11IO. The summed E-state index contributed by atoms with van der Waals surface area (Å²) in [5.74, 6) is 0.995. The number of hydrogen-bond acceptors (Lipinski definition) is 1. The van der Waals surface area contributed by atoms with Gasteiger partial charge in [0.05, 0.1) is 10.2 Å². The highest BCUT2D eigenvalue weighted by Gasteiger charge is 1.96. The van der Waals surface area contributed by atoms with Crippen LogP contribution < -0.4 is 4.74 Å². The minimum Gasteiger partial charge on any atom is -0.492 e. The lowest BCUT2D eigenvalue weighted by Gasteiger charge is -2.05. The molecule has 0 aromatic heterocycles. The largest absolute Gasteiger partial charge is 0.492 e. The molecule has 1 nitrogen and oxygen atoms in total. The molecule has 0 unspecified atom stereocenters. The van der Waals surface area contributed by atoms with Crippen LogP contribution in [0.1, 0.15) is 13.3 Å². The van der Waals surface area contributed by atoms with Crippen molar-refractivity contribution in [3.05, 3.63) is 27.8 Å². The van der Waals surface area contributed by atoms with Crippen LogP contribution in [0.2, 0.25) is 0 Å². The highest BCUT2D eigenvalue weighted by molar-refractivity contribution is 14.1. The molecular weight excluding hydrogens is 251 g/mol. The van der Waals surface area contributed by atoms with Crippen molar-refractivity contribution in [2.24, 2.45) is 0 Å². The Hall–Kier alpha value is -0.250. The standard InChI is InChI=1S/C9H11IO/c1-2-7-11-9-6-4-3-5-8(9)10/h3-6H,2,7H2,1H3. The van der Waals surface area contributed by atoms with Crippen LogP contribution in [-0.2, 0) is 0 Å². The molecule has 0 radical (unpaired) electrons. The first-order valence-electron chi connectivity index (χ1n) is 3.72. The van der Waals surface area contributed by atoms with Crippen LogP contribution in [0.5, 0.6) is 5.75 Å². The first kappa shape index (κ1) is 8.84. The Kier molecular flexibility index (Phi) is 3.69. The fourth-order valence-corrected chi connectivity index (χ4v) is 1.32. The smallest absolute Gasteiger partial charge is 0.132 e. The quantitative estimate of drug-likeness (QED) is 0.760. The summed E-state index contributed by atoms with van der Waals surface area (Å²) < 4.78 is 6.66. The van der Waals surface area contributed by atoms with Crippen LogP contribution in [0.15, 0.2) is 24.3 Å². The van der Waals surface area contributed by atoms with E-state index in [1.165, 1.54) is 3.57 Å². The number of hydrogen-bond donors (Lipinski definition) is 0. The second-order valence-corrected chi connectivity index (χ2v) is 3.44. The predicted molar refractivity (Wildman–Crippen MR) is 54.9 cm³/mol. The maximum Gasteiger partial charge on any atom is 0.132 e. The first-order valence-corrected chi connectivity index (χ1v) is 4.79. The third-order valence-corrected chi connectivity index (χ3v) is 2.19. The normalized spacial score (nSPS) is 9.64. The lowest BCUT2D eigenvalue weighted by atomic mass is 10.3. The molecule has 11 heavy (non-hydrogen) atoms. The van der Waals surface area contributed by atoms with Gasteiger partial charge in [-0.2, -0.15) is 0 Å². The summed E-state index contributed by atoms with van der Waals surface area (Å²) in [5.41, 5.74) is 0.